The van der Waals surface area contributed by atoms with Gasteiger partial charge in [0.05, 0.1) is 11.7 Å². The van der Waals surface area contributed by atoms with Gasteiger partial charge in [-0.1, -0.05) is 19.8 Å². The average Bonchev–Trinajstić information content (AvgIpc) is 2.38. The summed E-state index contributed by atoms with van der Waals surface area (Å²) in [5.74, 6) is 0.509. The lowest BCUT2D eigenvalue weighted by molar-refractivity contribution is -0.162. The maximum atomic E-state index is 11.5. The minimum absolute atomic E-state index is 0.0217. The smallest absolute Gasteiger partial charge is 0.332 e. The third-order valence-electron chi connectivity index (χ3n) is 3.95. The molecular formula is C15H29NO3. The van der Waals surface area contributed by atoms with Crippen LogP contribution < -0.4 is 5.73 Å². The van der Waals surface area contributed by atoms with Gasteiger partial charge in [0, 0.05) is 6.54 Å². The zero-order valence-electron chi connectivity index (χ0n) is 12.6. The first-order chi connectivity index (χ1) is 9.01. The summed E-state index contributed by atoms with van der Waals surface area (Å²) < 4.78 is 10.9. The molecule has 19 heavy (non-hydrogen) atoms. The minimum atomic E-state index is -0.305. The van der Waals surface area contributed by atoms with E-state index >= 15 is 0 Å². The van der Waals surface area contributed by atoms with E-state index in [4.69, 9.17) is 15.2 Å². The lowest BCUT2D eigenvalue weighted by Crippen LogP contribution is -2.45. The van der Waals surface area contributed by atoms with Gasteiger partial charge < -0.3 is 15.2 Å². The standard InChI is InChI=1S/C15H29NO3/c1-4-5-13-6-8-15(11-16,9-7-13)18-10-14(17)19-12(2)3/h12-13H,4-11,16H2,1-3H3. The molecule has 0 aromatic rings. The normalized spacial score (nSPS) is 27.5. The molecule has 1 aliphatic rings. The van der Waals surface area contributed by atoms with E-state index in [2.05, 4.69) is 6.92 Å². The zero-order valence-corrected chi connectivity index (χ0v) is 12.6. The topological polar surface area (TPSA) is 61.5 Å². The Balaban J connectivity index is 2.38. The Labute approximate surface area is 117 Å². The molecule has 0 unspecified atom stereocenters. The second-order valence-electron chi connectivity index (χ2n) is 5.95. The van der Waals surface area contributed by atoms with Crippen molar-refractivity contribution in [1.82, 2.24) is 0 Å². The number of rotatable bonds is 7. The van der Waals surface area contributed by atoms with Crippen LogP contribution in [0.1, 0.15) is 59.3 Å². The first-order valence-corrected chi connectivity index (χ1v) is 7.55. The van der Waals surface area contributed by atoms with Gasteiger partial charge >= 0.3 is 5.97 Å². The average molecular weight is 271 g/mol. The molecule has 4 nitrogen and oxygen atoms in total. The third-order valence-corrected chi connectivity index (χ3v) is 3.95. The summed E-state index contributed by atoms with van der Waals surface area (Å²) in [6, 6.07) is 0. The number of carbonyl (C=O) groups excluding carboxylic acids is 1. The fourth-order valence-electron chi connectivity index (χ4n) is 2.82. The van der Waals surface area contributed by atoms with Crippen molar-refractivity contribution in [2.45, 2.75) is 71.0 Å². The molecule has 0 bridgehead atoms. The molecule has 1 rings (SSSR count). The predicted molar refractivity (Wildman–Crippen MR) is 75.8 cm³/mol. The van der Waals surface area contributed by atoms with E-state index in [0.717, 1.165) is 31.6 Å². The maximum Gasteiger partial charge on any atom is 0.332 e. The number of hydrogen-bond donors (Lipinski definition) is 1. The molecule has 0 spiro atoms. The molecule has 1 saturated carbocycles. The number of carbonyl (C=O) groups is 1. The Morgan fingerprint density at radius 1 is 1.37 bits per heavy atom. The molecule has 0 saturated heterocycles. The van der Waals surface area contributed by atoms with Crippen molar-refractivity contribution in [3.8, 4) is 0 Å². The molecule has 0 radical (unpaired) electrons. The van der Waals surface area contributed by atoms with E-state index in [1.54, 1.807) is 0 Å². The number of hydrogen-bond acceptors (Lipinski definition) is 4. The number of ether oxygens (including phenoxy) is 2. The van der Waals surface area contributed by atoms with Gasteiger partial charge in [-0.15, -0.1) is 0 Å². The number of esters is 1. The zero-order chi connectivity index (χ0) is 14.3. The molecule has 2 N–H and O–H groups in total. The molecule has 1 aliphatic carbocycles. The van der Waals surface area contributed by atoms with Crippen molar-refractivity contribution in [3.05, 3.63) is 0 Å². The minimum Gasteiger partial charge on any atom is -0.461 e. The van der Waals surface area contributed by atoms with Crippen molar-refractivity contribution in [2.24, 2.45) is 11.7 Å². The van der Waals surface area contributed by atoms with Crippen molar-refractivity contribution in [2.75, 3.05) is 13.2 Å². The lowest BCUT2D eigenvalue weighted by atomic mass is 9.77. The second-order valence-corrected chi connectivity index (χ2v) is 5.95. The molecule has 1 fully saturated rings. The van der Waals surface area contributed by atoms with Crippen LogP contribution in [0.5, 0.6) is 0 Å². The molecule has 0 aromatic carbocycles. The van der Waals surface area contributed by atoms with Gasteiger partial charge in [-0.3, -0.25) is 0 Å². The lowest BCUT2D eigenvalue weighted by Gasteiger charge is -2.39. The fourth-order valence-corrected chi connectivity index (χ4v) is 2.82. The molecule has 4 heteroatoms. The Bertz CT molecular complexity index is 271. The van der Waals surface area contributed by atoms with Crippen molar-refractivity contribution in [1.29, 1.82) is 0 Å². The molecular weight excluding hydrogens is 242 g/mol. The van der Waals surface area contributed by atoms with E-state index in [-0.39, 0.29) is 24.3 Å². The van der Waals surface area contributed by atoms with E-state index in [1.807, 2.05) is 13.8 Å². The highest BCUT2D eigenvalue weighted by Gasteiger charge is 2.35. The highest BCUT2D eigenvalue weighted by Crippen LogP contribution is 2.36. The monoisotopic (exact) mass is 271 g/mol. The molecule has 0 amide bonds. The third kappa shape index (κ3) is 5.49. The van der Waals surface area contributed by atoms with Crippen LogP contribution in [-0.4, -0.2) is 30.8 Å². The Morgan fingerprint density at radius 3 is 2.47 bits per heavy atom. The van der Waals surface area contributed by atoms with E-state index < -0.39 is 0 Å². The Hall–Kier alpha value is -0.610. The summed E-state index contributed by atoms with van der Waals surface area (Å²) in [5, 5.41) is 0. The largest absolute Gasteiger partial charge is 0.461 e. The van der Waals surface area contributed by atoms with E-state index in [1.165, 1.54) is 12.8 Å². The summed E-state index contributed by atoms with van der Waals surface area (Å²) in [6.45, 7) is 6.41. The quantitative estimate of drug-likeness (QED) is 0.723. The van der Waals surface area contributed by atoms with Crippen LogP contribution in [0.25, 0.3) is 0 Å². The van der Waals surface area contributed by atoms with Crippen LogP contribution >= 0.6 is 0 Å². The van der Waals surface area contributed by atoms with Gasteiger partial charge in [0.25, 0.3) is 0 Å². The summed E-state index contributed by atoms with van der Waals surface area (Å²) in [6.07, 6.45) is 6.67. The second kappa shape index (κ2) is 7.85. The molecule has 0 aliphatic heterocycles. The van der Waals surface area contributed by atoms with Crippen LogP contribution in [0.3, 0.4) is 0 Å². The molecule has 0 aromatic heterocycles. The van der Waals surface area contributed by atoms with Gasteiger partial charge in [0.1, 0.15) is 6.61 Å². The van der Waals surface area contributed by atoms with Gasteiger partial charge in [0.15, 0.2) is 0 Å². The SMILES string of the molecule is CCCC1CCC(CN)(OCC(=O)OC(C)C)CC1. The Kier molecular flexibility index (Phi) is 6.80. The van der Waals surface area contributed by atoms with Crippen molar-refractivity contribution >= 4 is 5.97 Å². The van der Waals surface area contributed by atoms with Crippen LogP contribution in [-0.2, 0) is 14.3 Å². The first kappa shape index (κ1) is 16.4. The van der Waals surface area contributed by atoms with E-state index in [9.17, 15) is 4.79 Å². The first-order valence-electron chi connectivity index (χ1n) is 7.55. The van der Waals surface area contributed by atoms with Crippen LogP contribution in [0, 0.1) is 5.92 Å². The summed E-state index contributed by atoms with van der Waals surface area (Å²) in [5.41, 5.74) is 5.56. The van der Waals surface area contributed by atoms with Crippen molar-refractivity contribution in [3.63, 3.8) is 0 Å². The summed E-state index contributed by atoms with van der Waals surface area (Å²) >= 11 is 0. The van der Waals surface area contributed by atoms with E-state index in [0.29, 0.717) is 6.54 Å². The van der Waals surface area contributed by atoms with Crippen LogP contribution in [0.2, 0.25) is 0 Å². The van der Waals surface area contributed by atoms with Gasteiger partial charge in [0.2, 0.25) is 0 Å². The van der Waals surface area contributed by atoms with Gasteiger partial charge in [-0.2, -0.15) is 0 Å². The highest BCUT2D eigenvalue weighted by molar-refractivity contribution is 5.70. The van der Waals surface area contributed by atoms with Crippen LogP contribution in [0.4, 0.5) is 0 Å². The Morgan fingerprint density at radius 2 is 2.00 bits per heavy atom. The summed E-state index contributed by atoms with van der Waals surface area (Å²) in [7, 11) is 0. The van der Waals surface area contributed by atoms with Crippen molar-refractivity contribution < 1.29 is 14.3 Å². The van der Waals surface area contributed by atoms with Gasteiger partial charge in [-0.05, 0) is 45.4 Å². The van der Waals surface area contributed by atoms with Crippen LogP contribution in [0.15, 0.2) is 0 Å². The summed E-state index contributed by atoms with van der Waals surface area (Å²) in [4.78, 5) is 11.5. The fraction of sp³-hybridized carbons (Fsp3) is 0.933. The van der Waals surface area contributed by atoms with Gasteiger partial charge in [-0.25, -0.2) is 4.79 Å². The molecule has 112 valence electrons. The highest BCUT2D eigenvalue weighted by atomic mass is 16.6. The number of nitrogens with two attached hydrogens (primary N) is 1. The maximum absolute atomic E-state index is 11.5. The molecule has 0 heterocycles. The molecule has 0 atom stereocenters. The predicted octanol–water partition coefficient (Wildman–Crippen LogP) is 2.64.